The van der Waals surface area contributed by atoms with Gasteiger partial charge in [-0.1, -0.05) is 12.1 Å². The minimum absolute atomic E-state index is 0.212. The molecule has 4 heteroatoms. The highest BCUT2D eigenvalue weighted by molar-refractivity contribution is 5.73. The molecule has 20 heavy (non-hydrogen) atoms. The van der Waals surface area contributed by atoms with Crippen molar-refractivity contribution in [1.29, 1.82) is 0 Å². The molecule has 1 unspecified atom stereocenters. The topological polar surface area (TPSA) is 49.3 Å². The van der Waals surface area contributed by atoms with Gasteiger partial charge in [0.05, 0.1) is 5.41 Å². The first-order valence-corrected chi connectivity index (χ1v) is 7.02. The second kappa shape index (κ2) is 7.39. The Balaban J connectivity index is 2.25. The molecule has 0 aliphatic rings. The number of nitrogens with one attached hydrogen (secondary N) is 1. The van der Waals surface area contributed by atoms with Crippen molar-refractivity contribution < 1.29 is 14.3 Å². The summed E-state index contributed by atoms with van der Waals surface area (Å²) in [6.07, 6.45) is 2.43. The number of hydrogen-bond acceptors (Lipinski definition) is 2. The first-order chi connectivity index (χ1) is 9.31. The number of rotatable bonds is 8. The van der Waals surface area contributed by atoms with Gasteiger partial charge in [-0.25, -0.2) is 4.39 Å². The highest BCUT2D eigenvalue weighted by Crippen LogP contribution is 2.19. The predicted molar refractivity (Wildman–Crippen MR) is 78.2 cm³/mol. The summed E-state index contributed by atoms with van der Waals surface area (Å²) >= 11 is 0. The summed E-state index contributed by atoms with van der Waals surface area (Å²) in [5.74, 6) is -0.978. The summed E-state index contributed by atoms with van der Waals surface area (Å²) in [5.41, 5.74) is 0.426. The number of aryl methyl sites for hydroxylation is 1. The second-order valence-electron chi connectivity index (χ2n) is 5.96. The molecule has 0 aliphatic carbocycles. The SMILES string of the molecule is CC(CCc1ccc(F)cc1)NCCC(C)(C)C(=O)O. The van der Waals surface area contributed by atoms with E-state index in [1.54, 1.807) is 26.0 Å². The van der Waals surface area contributed by atoms with Gasteiger partial charge in [0.25, 0.3) is 0 Å². The monoisotopic (exact) mass is 281 g/mol. The van der Waals surface area contributed by atoms with E-state index in [0.29, 0.717) is 19.0 Å². The van der Waals surface area contributed by atoms with Gasteiger partial charge in [0.1, 0.15) is 5.82 Å². The number of halogens is 1. The zero-order chi connectivity index (χ0) is 15.2. The second-order valence-corrected chi connectivity index (χ2v) is 5.96. The van der Waals surface area contributed by atoms with Gasteiger partial charge in [-0.15, -0.1) is 0 Å². The van der Waals surface area contributed by atoms with E-state index in [1.807, 2.05) is 0 Å². The Labute approximate surface area is 120 Å². The maximum Gasteiger partial charge on any atom is 0.309 e. The number of carboxylic acid groups (broad SMARTS) is 1. The lowest BCUT2D eigenvalue weighted by molar-refractivity contribution is -0.147. The number of carboxylic acids is 1. The van der Waals surface area contributed by atoms with Crippen LogP contribution in [0.4, 0.5) is 4.39 Å². The fourth-order valence-corrected chi connectivity index (χ4v) is 1.87. The highest BCUT2D eigenvalue weighted by atomic mass is 19.1. The zero-order valence-corrected chi connectivity index (χ0v) is 12.4. The molecule has 0 amide bonds. The van der Waals surface area contributed by atoms with Gasteiger partial charge >= 0.3 is 5.97 Å². The minimum Gasteiger partial charge on any atom is -0.481 e. The van der Waals surface area contributed by atoms with Gasteiger partial charge in [0.15, 0.2) is 0 Å². The van der Waals surface area contributed by atoms with Crippen molar-refractivity contribution in [2.75, 3.05) is 6.54 Å². The quantitative estimate of drug-likeness (QED) is 0.769. The Hall–Kier alpha value is -1.42. The third-order valence-corrected chi connectivity index (χ3v) is 3.60. The summed E-state index contributed by atoms with van der Waals surface area (Å²) in [6.45, 7) is 6.24. The number of aliphatic carboxylic acids is 1. The van der Waals surface area contributed by atoms with Gasteiger partial charge in [0, 0.05) is 6.04 Å². The Kier molecular flexibility index (Phi) is 6.14. The van der Waals surface area contributed by atoms with Crippen molar-refractivity contribution in [2.24, 2.45) is 5.41 Å². The van der Waals surface area contributed by atoms with Gasteiger partial charge in [-0.05, 0) is 64.3 Å². The van der Waals surface area contributed by atoms with Crippen LogP contribution in [0, 0.1) is 11.2 Å². The Morgan fingerprint density at radius 1 is 1.35 bits per heavy atom. The molecule has 0 heterocycles. The molecule has 1 aromatic carbocycles. The molecule has 0 saturated heterocycles. The summed E-state index contributed by atoms with van der Waals surface area (Å²) < 4.78 is 12.8. The fourth-order valence-electron chi connectivity index (χ4n) is 1.87. The van der Waals surface area contributed by atoms with E-state index in [1.165, 1.54) is 12.1 Å². The Morgan fingerprint density at radius 3 is 2.50 bits per heavy atom. The number of hydrogen-bond donors (Lipinski definition) is 2. The lowest BCUT2D eigenvalue weighted by Gasteiger charge is -2.21. The summed E-state index contributed by atoms with van der Waals surface area (Å²) in [7, 11) is 0. The molecule has 1 rings (SSSR count). The van der Waals surface area contributed by atoms with Crippen molar-refractivity contribution in [3.05, 3.63) is 35.6 Å². The van der Waals surface area contributed by atoms with Crippen molar-refractivity contribution in [2.45, 2.75) is 46.1 Å². The smallest absolute Gasteiger partial charge is 0.309 e. The Morgan fingerprint density at radius 2 is 1.95 bits per heavy atom. The van der Waals surface area contributed by atoms with Crippen molar-refractivity contribution >= 4 is 5.97 Å². The Bertz CT molecular complexity index is 429. The van der Waals surface area contributed by atoms with Crippen molar-refractivity contribution in [3.63, 3.8) is 0 Å². The normalized spacial score (nSPS) is 13.2. The van der Waals surface area contributed by atoms with E-state index in [9.17, 15) is 9.18 Å². The summed E-state index contributed by atoms with van der Waals surface area (Å²) in [5, 5.41) is 12.4. The maximum absolute atomic E-state index is 12.8. The van der Waals surface area contributed by atoms with E-state index < -0.39 is 11.4 Å². The van der Waals surface area contributed by atoms with Gasteiger partial charge in [-0.2, -0.15) is 0 Å². The van der Waals surface area contributed by atoms with E-state index in [2.05, 4.69) is 12.2 Å². The lowest BCUT2D eigenvalue weighted by atomic mass is 9.89. The molecule has 1 atom stereocenters. The lowest BCUT2D eigenvalue weighted by Crippen LogP contribution is -2.33. The fraction of sp³-hybridized carbons (Fsp3) is 0.562. The van der Waals surface area contributed by atoms with Crippen LogP contribution in [0.2, 0.25) is 0 Å². The average Bonchev–Trinajstić information content (AvgIpc) is 2.37. The first kappa shape index (κ1) is 16.6. The molecule has 0 fully saturated rings. The minimum atomic E-state index is -0.765. The molecule has 0 bridgehead atoms. The van der Waals surface area contributed by atoms with Gasteiger partial charge < -0.3 is 10.4 Å². The molecular formula is C16H24FNO2. The molecule has 0 spiro atoms. The molecule has 2 N–H and O–H groups in total. The molecule has 3 nitrogen and oxygen atoms in total. The zero-order valence-electron chi connectivity index (χ0n) is 12.4. The van der Waals surface area contributed by atoms with Crippen LogP contribution in [-0.2, 0) is 11.2 Å². The average molecular weight is 281 g/mol. The van der Waals surface area contributed by atoms with Gasteiger partial charge in [-0.3, -0.25) is 4.79 Å². The van der Waals surface area contributed by atoms with Crippen LogP contribution >= 0.6 is 0 Å². The van der Waals surface area contributed by atoms with Crippen molar-refractivity contribution in [3.8, 4) is 0 Å². The third-order valence-electron chi connectivity index (χ3n) is 3.60. The van der Waals surface area contributed by atoms with Crippen molar-refractivity contribution in [1.82, 2.24) is 5.32 Å². The largest absolute Gasteiger partial charge is 0.481 e. The van der Waals surface area contributed by atoms with Crippen LogP contribution in [0.3, 0.4) is 0 Å². The molecule has 1 aromatic rings. The van der Waals surface area contributed by atoms with Crippen LogP contribution in [0.25, 0.3) is 0 Å². The van der Waals surface area contributed by atoms with Crippen LogP contribution in [-0.4, -0.2) is 23.7 Å². The molecule has 0 saturated carbocycles. The summed E-state index contributed by atoms with van der Waals surface area (Å²) in [4.78, 5) is 11.0. The van der Waals surface area contributed by atoms with Crippen LogP contribution in [0.15, 0.2) is 24.3 Å². The van der Waals surface area contributed by atoms with E-state index in [4.69, 9.17) is 5.11 Å². The molecular weight excluding hydrogens is 257 g/mol. The van der Waals surface area contributed by atoms with Crippen LogP contribution < -0.4 is 5.32 Å². The standard InChI is InChI=1S/C16H24FNO2/c1-12(18-11-10-16(2,3)15(19)20)4-5-13-6-8-14(17)9-7-13/h6-9,12,18H,4-5,10-11H2,1-3H3,(H,19,20). The van der Waals surface area contributed by atoms with Crippen LogP contribution in [0.5, 0.6) is 0 Å². The van der Waals surface area contributed by atoms with Gasteiger partial charge in [0.2, 0.25) is 0 Å². The molecule has 0 aliphatic heterocycles. The molecule has 0 radical (unpaired) electrons. The van der Waals surface area contributed by atoms with Crippen LogP contribution in [0.1, 0.15) is 39.2 Å². The number of carbonyl (C=O) groups is 1. The first-order valence-electron chi connectivity index (χ1n) is 7.02. The van der Waals surface area contributed by atoms with E-state index in [-0.39, 0.29) is 5.82 Å². The predicted octanol–water partition coefficient (Wildman–Crippen LogP) is 3.24. The number of benzene rings is 1. The van der Waals surface area contributed by atoms with E-state index in [0.717, 1.165) is 18.4 Å². The summed E-state index contributed by atoms with van der Waals surface area (Å²) in [6, 6.07) is 6.86. The van der Waals surface area contributed by atoms with E-state index >= 15 is 0 Å². The molecule has 112 valence electrons. The highest BCUT2D eigenvalue weighted by Gasteiger charge is 2.26. The maximum atomic E-state index is 12.8. The molecule has 0 aromatic heterocycles. The third kappa shape index (κ3) is 5.70.